The van der Waals surface area contributed by atoms with Crippen LogP contribution in [0.5, 0.6) is 0 Å². The number of hydrogen-bond donors (Lipinski definition) is 3. The van der Waals surface area contributed by atoms with Crippen LogP contribution in [0.25, 0.3) is 11.6 Å². The highest BCUT2D eigenvalue weighted by atomic mass is 19.1. The van der Waals surface area contributed by atoms with Gasteiger partial charge >= 0.3 is 6.09 Å². The monoisotopic (exact) mass is 475 g/mol. The van der Waals surface area contributed by atoms with Gasteiger partial charge in [-0.25, -0.2) is 9.18 Å². The summed E-state index contributed by atoms with van der Waals surface area (Å²) in [6.07, 6.45) is 0.349. The minimum absolute atomic E-state index is 0.223. The van der Waals surface area contributed by atoms with E-state index in [0.717, 1.165) is 0 Å². The van der Waals surface area contributed by atoms with Crippen LogP contribution in [0.3, 0.4) is 0 Å². The third-order valence-electron chi connectivity index (χ3n) is 5.13. The van der Waals surface area contributed by atoms with E-state index in [-0.39, 0.29) is 17.7 Å². The minimum atomic E-state index is -3.17. The zero-order valence-electron chi connectivity index (χ0n) is 24.7. The molecule has 1 aliphatic heterocycles. The molecule has 9 heteroatoms. The third kappa shape index (κ3) is 5.47. The summed E-state index contributed by atoms with van der Waals surface area (Å²) in [6.45, 7) is 1.00. The van der Waals surface area contributed by atoms with Gasteiger partial charge in [-0.1, -0.05) is 0 Å². The molecule has 8 nitrogen and oxygen atoms in total. The first-order valence-corrected chi connectivity index (χ1v) is 10.6. The second-order valence-electron chi connectivity index (χ2n) is 8.87. The van der Waals surface area contributed by atoms with E-state index in [9.17, 15) is 18.8 Å². The summed E-state index contributed by atoms with van der Waals surface area (Å²) in [5.74, 6) is -1.48. The van der Waals surface area contributed by atoms with Crippen LogP contribution < -0.4 is 10.6 Å². The zero-order chi connectivity index (χ0) is 29.5. The summed E-state index contributed by atoms with van der Waals surface area (Å²) in [5.41, 5.74) is 1.75. The Hall–Kier alpha value is -3.62. The van der Waals surface area contributed by atoms with Crippen LogP contribution in [0.15, 0.2) is 18.2 Å². The normalized spacial score (nSPS) is 17.1. The number of aromatic nitrogens is 1. The molecule has 0 fully saturated rings. The molecule has 182 valence electrons. The number of aryl methyl sites for hydroxylation is 1. The molecule has 34 heavy (non-hydrogen) atoms. The molecule has 0 atom stereocenters. The Kier molecular flexibility index (Phi) is 5.36. The van der Waals surface area contributed by atoms with E-state index in [1.807, 2.05) is 0 Å². The number of nitrogens with zero attached hydrogens (tertiary/aromatic N) is 1. The molecule has 0 aliphatic carbocycles. The van der Waals surface area contributed by atoms with Gasteiger partial charge < -0.3 is 25.3 Å². The predicted octanol–water partition coefficient (Wildman–Crippen LogP) is 4.25. The van der Waals surface area contributed by atoms with Crippen LogP contribution in [0.4, 0.5) is 14.9 Å². The SMILES string of the molecule is [2H]C([2H])([2H])C([2H])([2H])N(CCNC(=O)c1c(C)[nH]c(C=C2C(=O)Nc3ccc(F)cc32)c1C)C(=O)OC(C)(C)C. The topological polar surface area (TPSA) is 104 Å². The number of carbonyl (C=O) groups is 3. The smallest absolute Gasteiger partial charge is 0.410 e. The number of anilines is 1. The van der Waals surface area contributed by atoms with E-state index < -0.39 is 49.2 Å². The van der Waals surface area contributed by atoms with Gasteiger partial charge in [0.05, 0.1) is 11.1 Å². The van der Waals surface area contributed by atoms with Crippen molar-refractivity contribution < 1.29 is 30.4 Å². The average Bonchev–Trinajstić information content (AvgIpc) is 3.23. The van der Waals surface area contributed by atoms with Crippen LogP contribution in [0.2, 0.25) is 0 Å². The Morgan fingerprint density at radius 1 is 1.32 bits per heavy atom. The molecule has 0 bridgehead atoms. The maximum absolute atomic E-state index is 13.8. The van der Waals surface area contributed by atoms with E-state index >= 15 is 0 Å². The minimum Gasteiger partial charge on any atom is -0.444 e. The number of nitrogens with one attached hydrogen (secondary N) is 3. The van der Waals surface area contributed by atoms with Gasteiger partial charge in [0.25, 0.3) is 11.8 Å². The van der Waals surface area contributed by atoms with Crippen molar-refractivity contribution in [2.45, 2.75) is 47.1 Å². The van der Waals surface area contributed by atoms with E-state index in [4.69, 9.17) is 11.6 Å². The fourth-order valence-corrected chi connectivity index (χ4v) is 3.59. The van der Waals surface area contributed by atoms with Gasteiger partial charge in [-0.05, 0) is 71.3 Å². The molecule has 1 aliphatic rings. The van der Waals surface area contributed by atoms with E-state index in [0.29, 0.717) is 33.1 Å². The summed E-state index contributed by atoms with van der Waals surface area (Å²) in [4.78, 5) is 41.6. The summed E-state index contributed by atoms with van der Waals surface area (Å²) in [6, 6.07) is 3.94. The molecule has 0 saturated heterocycles. The first-order chi connectivity index (χ1) is 17.8. The lowest BCUT2D eigenvalue weighted by Gasteiger charge is -2.26. The summed E-state index contributed by atoms with van der Waals surface area (Å²) >= 11 is 0. The molecule has 1 aromatic carbocycles. The average molecular weight is 476 g/mol. The lowest BCUT2D eigenvalue weighted by Crippen LogP contribution is -2.41. The van der Waals surface area contributed by atoms with E-state index in [1.54, 1.807) is 34.6 Å². The number of likely N-dealkylation sites (N-methyl/N-ethyl adjacent to an activating group) is 1. The summed E-state index contributed by atoms with van der Waals surface area (Å²) in [7, 11) is 0. The van der Waals surface area contributed by atoms with Crippen molar-refractivity contribution in [2.24, 2.45) is 0 Å². The van der Waals surface area contributed by atoms with Crippen LogP contribution >= 0.6 is 0 Å². The highest BCUT2D eigenvalue weighted by Crippen LogP contribution is 2.34. The molecule has 2 aromatic rings. The van der Waals surface area contributed by atoms with Crippen molar-refractivity contribution in [3.63, 3.8) is 0 Å². The fourth-order valence-electron chi connectivity index (χ4n) is 3.59. The van der Waals surface area contributed by atoms with Crippen LogP contribution in [0, 0.1) is 19.7 Å². The van der Waals surface area contributed by atoms with Crippen molar-refractivity contribution >= 4 is 35.2 Å². The molecule has 3 rings (SSSR count). The molecular weight excluding hydrogens is 439 g/mol. The first-order valence-electron chi connectivity index (χ1n) is 13.1. The highest BCUT2D eigenvalue weighted by Gasteiger charge is 2.26. The number of halogens is 1. The van der Waals surface area contributed by atoms with Crippen molar-refractivity contribution in [3.05, 3.63) is 52.1 Å². The number of benzene rings is 1. The summed E-state index contributed by atoms with van der Waals surface area (Å²) in [5, 5.41) is 5.25. The maximum atomic E-state index is 13.8. The van der Waals surface area contributed by atoms with Crippen molar-refractivity contribution in [1.29, 1.82) is 0 Å². The zero-order valence-corrected chi connectivity index (χ0v) is 19.7. The third-order valence-corrected chi connectivity index (χ3v) is 5.13. The Balaban J connectivity index is 1.81. The van der Waals surface area contributed by atoms with Crippen molar-refractivity contribution in [2.75, 3.05) is 24.9 Å². The Morgan fingerprint density at radius 2 is 2.06 bits per heavy atom. The van der Waals surface area contributed by atoms with Gasteiger partial charge in [0.2, 0.25) is 0 Å². The number of rotatable bonds is 6. The Bertz CT molecular complexity index is 1350. The maximum Gasteiger partial charge on any atom is 0.410 e. The molecule has 1 aromatic heterocycles. The van der Waals surface area contributed by atoms with Gasteiger partial charge in [0, 0.05) is 49.1 Å². The molecule has 3 N–H and O–H groups in total. The molecular formula is C25H31FN4O4. The predicted molar refractivity (Wildman–Crippen MR) is 129 cm³/mol. The van der Waals surface area contributed by atoms with Gasteiger partial charge in [-0.3, -0.25) is 9.59 Å². The largest absolute Gasteiger partial charge is 0.444 e. The fraction of sp³-hybridized carbons (Fsp3) is 0.400. The van der Waals surface area contributed by atoms with Gasteiger partial charge in [-0.2, -0.15) is 0 Å². The van der Waals surface area contributed by atoms with Crippen LogP contribution in [0.1, 0.15) is 67.3 Å². The number of ether oxygens (including phenoxy) is 1. The second-order valence-corrected chi connectivity index (χ2v) is 8.87. The highest BCUT2D eigenvalue weighted by molar-refractivity contribution is 6.34. The number of carbonyl (C=O) groups excluding carboxylic acids is 3. The van der Waals surface area contributed by atoms with Gasteiger partial charge in [-0.15, -0.1) is 0 Å². The van der Waals surface area contributed by atoms with Crippen LogP contribution in [-0.2, 0) is 9.53 Å². The van der Waals surface area contributed by atoms with Gasteiger partial charge in [0.1, 0.15) is 11.4 Å². The molecule has 0 radical (unpaired) electrons. The molecule has 0 spiro atoms. The van der Waals surface area contributed by atoms with Gasteiger partial charge in [0.15, 0.2) is 0 Å². The van der Waals surface area contributed by atoms with E-state index in [2.05, 4.69) is 15.6 Å². The number of hydrogen-bond acceptors (Lipinski definition) is 4. The molecule has 0 saturated carbocycles. The number of H-pyrrole nitrogens is 1. The number of fused-ring (bicyclic) bond motifs is 1. The molecule has 3 amide bonds. The number of amides is 3. The van der Waals surface area contributed by atoms with Crippen molar-refractivity contribution in [3.8, 4) is 0 Å². The Morgan fingerprint density at radius 3 is 2.74 bits per heavy atom. The standard InChI is InChI=1S/C25H31FN4O4/c1-7-30(24(33)34-25(4,5)6)11-10-27-23(32)21-14(2)20(28-15(21)3)13-18-17-12-16(26)8-9-19(17)29-22(18)31/h8-9,12-13,28H,7,10-11H2,1-6H3,(H,27,32)(H,29,31)/i1D3,7D2. The lowest BCUT2D eigenvalue weighted by atomic mass is 10.0. The lowest BCUT2D eigenvalue weighted by molar-refractivity contribution is -0.110. The Labute approximate surface area is 205 Å². The first kappa shape index (κ1) is 18.8. The number of aromatic amines is 1. The second kappa shape index (κ2) is 9.70. The quantitative estimate of drug-likeness (QED) is 0.544. The molecule has 0 unspecified atom stereocenters. The summed E-state index contributed by atoms with van der Waals surface area (Å²) < 4.78 is 57.6. The van der Waals surface area contributed by atoms with Crippen LogP contribution in [-0.4, -0.2) is 53.0 Å². The van der Waals surface area contributed by atoms with E-state index in [1.165, 1.54) is 24.3 Å². The van der Waals surface area contributed by atoms with Crippen molar-refractivity contribution in [1.82, 2.24) is 15.2 Å². The molecule has 2 heterocycles.